The molecule has 2 rings (SSSR count). The van der Waals surface area contributed by atoms with Crippen LogP contribution in [0.2, 0.25) is 0 Å². The van der Waals surface area contributed by atoms with E-state index in [4.69, 9.17) is 5.11 Å². The van der Waals surface area contributed by atoms with Crippen LogP contribution < -0.4 is 5.32 Å². The second-order valence-corrected chi connectivity index (χ2v) is 5.77. The van der Waals surface area contributed by atoms with Gasteiger partial charge in [-0.1, -0.05) is 0 Å². The number of nitrogens with one attached hydrogen (secondary N) is 1. The van der Waals surface area contributed by atoms with Crippen LogP contribution in [0.5, 0.6) is 0 Å². The van der Waals surface area contributed by atoms with E-state index in [0.29, 0.717) is 10.7 Å². The molecule has 0 radical (unpaired) electrons. The lowest BCUT2D eigenvalue weighted by Gasteiger charge is -2.05. The number of thiazole rings is 1. The van der Waals surface area contributed by atoms with Gasteiger partial charge in [0.05, 0.1) is 17.9 Å². The molecule has 2 aromatic heterocycles. The van der Waals surface area contributed by atoms with Crippen molar-refractivity contribution in [2.75, 3.05) is 0 Å². The number of carbonyl (C=O) groups excluding carboxylic acids is 1. The highest BCUT2D eigenvalue weighted by Gasteiger charge is 2.14. The van der Waals surface area contributed by atoms with Crippen LogP contribution in [0, 0.1) is 20.8 Å². The summed E-state index contributed by atoms with van der Waals surface area (Å²) >= 11 is 1.08. The molecule has 8 heteroatoms. The van der Waals surface area contributed by atoms with Crippen molar-refractivity contribution in [3.63, 3.8) is 0 Å². The van der Waals surface area contributed by atoms with Crippen molar-refractivity contribution >= 4 is 23.2 Å². The van der Waals surface area contributed by atoms with Gasteiger partial charge in [-0.3, -0.25) is 9.48 Å². The molecule has 21 heavy (non-hydrogen) atoms. The number of carboxylic acids is 1. The molecule has 0 unspecified atom stereocenters. The predicted octanol–water partition coefficient (Wildman–Crippen LogP) is 1.28. The molecule has 0 spiro atoms. The third-order valence-electron chi connectivity index (χ3n) is 2.87. The number of hydrogen-bond acceptors (Lipinski definition) is 5. The van der Waals surface area contributed by atoms with Gasteiger partial charge in [0.2, 0.25) is 5.91 Å². The highest BCUT2D eigenvalue weighted by atomic mass is 32.1. The first-order chi connectivity index (χ1) is 9.86. The van der Waals surface area contributed by atoms with E-state index < -0.39 is 5.97 Å². The molecule has 0 atom stereocenters. The summed E-state index contributed by atoms with van der Waals surface area (Å²) in [5, 5.41) is 16.5. The zero-order chi connectivity index (χ0) is 15.6. The summed E-state index contributed by atoms with van der Waals surface area (Å²) in [6.07, 6.45) is 0. The fourth-order valence-electron chi connectivity index (χ4n) is 1.93. The first-order valence-corrected chi connectivity index (χ1v) is 7.16. The van der Waals surface area contributed by atoms with Crippen molar-refractivity contribution in [3.8, 4) is 0 Å². The quantitative estimate of drug-likeness (QED) is 0.867. The minimum atomic E-state index is -0.995. The van der Waals surface area contributed by atoms with Crippen LogP contribution in [0.3, 0.4) is 0 Å². The van der Waals surface area contributed by atoms with E-state index in [1.807, 2.05) is 19.9 Å². The second-order valence-electron chi connectivity index (χ2n) is 4.69. The summed E-state index contributed by atoms with van der Waals surface area (Å²) in [7, 11) is 0. The zero-order valence-corrected chi connectivity index (χ0v) is 12.8. The van der Waals surface area contributed by atoms with Crippen LogP contribution in [0.15, 0.2) is 6.07 Å². The van der Waals surface area contributed by atoms with Gasteiger partial charge in [0, 0.05) is 5.69 Å². The molecule has 0 aromatic carbocycles. The summed E-state index contributed by atoms with van der Waals surface area (Å²) < 4.78 is 1.63. The Morgan fingerprint density at radius 1 is 1.38 bits per heavy atom. The van der Waals surface area contributed by atoms with Gasteiger partial charge in [0.25, 0.3) is 0 Å². The summed E-state index contributed by atoms with van der Waals surface area (Å²) in [5.74, 6) is -1.18. The average molecular weight is 308 g/mol. The lowest BCUT2D eigenvalue weighted by Crippen LogP contribution is -2.27. The minimum absolute atomic E-state index is 0.135. The Morgan fingerprint density at radius 3 is 2.62 bits per heavy atom. The first-order valence-electron chi connectivity index (χ1n) is 6.34. The van der Waals surface area contributed by atoms with Gasteiger partial charge in [-0.2, -0.15) is 5.10 Å². The first kappa shape index (κ1) is 15.2. The molecule has 2 aromatic rings. The number of aromatic nitrogens is 3. The van der Waals surface area contributed by atoms with E-state index in [1.165, 1.54) is 0 Å². The van der Waals surface area contributed by atoms with Gasteiger partial charge < -0.3 is 10.4 Å². The largest absolute Gasteiger partial charge is 0.477 e. The zero-order valence-electron chi connectivity index (χ0n) is 12.0. The lowest BCUT2D eigenvalue weighted by molar-refractivity contribution is -0.122. The highest BCUT2D eigenvalue weighted by molar-refractivity contribution is 7.13. The fourth-order valence-corrected chi connectivity index (χ4v) is 2.77. The third kappa shape index (κ3) is 3.66. The van der Waals surface area contributed by atoms with E-state index >= 15 is 0 Å². The number of amides is 1. The van der Waals surface area contributed by atoms with Crippen LogP contribution in [-0.4, -0.2) is 31.7 Å². The van der Waals surface area contributed by atoms with Crippen molar-refractivity contribution in [2.45, 2.75) is 33.9 Å². The molecule has 2 heterocycles. The predicted molar refractivity (Wildman–Crippen MR) is 77.4 cm³/mol. The van der Waals surface area contributed by atoms with Crippen molar-refractivity contribution in [1.29, 1.82) is 0 Å². The second kappa shape index (κ2) is 6.04. The molecule has 2 N–H and O–H groups in total. The molecule has 112 valence electrons. The van der Waals surface area contributed by atoms with Gasteiger partial charge in [0.15, 0.2) is 0 Å². The number of aromatic carboxylic acids is 1. The number of nitrogens with zero attached hydrogens (tertiary/aromatic N) is 3. The lowest BCUT2D eigenvalue weighted by atomic mass is 10.4. The molecule has 1 amide bonds. The topological polar surface area (TPSA) is 97.1 Å². The van der Waals surface area contributed by atoms with Crippen LogP contribution in [0.4, 0.5) is 0 Å². The van der Waals surface area contributed by atoms with Crippen LogP contribution in [-0.2, 0) is 17.9 Å². The average Bonchev–Trinajstić information content (AvgIpc) is 2.90. The van der Waals surface area contributed by atoms with Gasteiger partial charge >= 0.3 is 5.97 Å². The van der Waals surface area contributed by atoms with Gasteiger partial charge in [-0.05, 0) is 26.8 Å². The molecule has 0 aliphatic rings. The van der Waals surface area contributed by atoms with E-state index in [2.05, 4.69) is 15.4 Å². The molecule has 0 aliphatic heterocycles. The maximum absolute atomic E-state index is 11.9. The summed E-state index contributed by atoms with van der Waals surface area (Å²) in [6.45, 7) is 5.75. The smallest absolute Gasteiger partial charge is 0.347 e. The third-order valence-corrected chi connectivity index (χ3v) is 4.01. The van der Waals surface area contributed by atoms with Crippen molar-refractivity contribution in [2.24, 2.45) is 0 Å². The maximum Gasteiger partial charge on any atom is 0.347 e. The Bertz CT molecular complexity index is 690. The highest BCUT2D eigenvalue weighted by Crippen LogP contribution is 2.17. The van der Waals surface area contributed by atoms with E-state index in [9.17, 15) is 9.59 Å². The Morgan fingerprint density at radius 2 is 2.10 bits per heavy atom. The Hall–Kier alpha value is -2.22. The molecule has 0 saturated heterocycles. The van der Waals surface area contributed by atoms with Gasteiger partial charge in [-0.15, -0.1) is 11.3 Å². The van der Waals surface area contributed by atoms with Crippen molar-refractivity contribution in [1.82, 2.24) is 20.1 Å². The molecule has 0 saturated carbocycles. The van der Waals surface area contributed by atoms with E-state index in [-0.39, 0.29) is 23.9 Å². The van der Waals surface area contributed by atoms with Crippen LogP contribution in [0.1, 0.15) is 31.8 Å². The summed E-state index contributed by atoms with van der Waals surface area (Å²) in [5.41, 5.74) is 2.25. The molecule has 0 aliphatic carbocycles. The number of rotatable bonds is 5. The molecule has 0 fully saturated rings. The monoisotopic (exact) mass is 308 g/mol. The Labute approximate surface area is 125 Å². The number of carboxylic acid groups (broad SMARTS) is 1. The molecule has 7 nitrogen and oxygen atoms in total. The summed E-state index contributed by atoms with van der Waals surface area (Å²) in [6, 6.07) is 1.90. The van der Waals surface area contributed by atoms with Crippen LogP contribution >= 0.6 is 11.3 Å². The SMILES string of the molecule is Cc1cc(C)n(CC(=O)NCc2nc(C)c(C(=O)O)s2)n1. The number of carbonyl (C=O) groups is 2. The standard InChI is InChI=1S/C13H16N4O3S/c1-7-4-8(2)17(16-7)6-10(18)14-5-11-15-9(3)12(21-11)13(19)20/h4H,5-6H2,1-3H3,(H,14,18)(H,19,20). The minimum Gasteiger partial charge on any atom is -0.477 e. The van der Waals surface area contributed by atoms with E-state index in [1.54, 1.807) is 11.6 Å². The molecular formula is C13H16N4O3S. The van der Waals surface area contributed by atoms with E-state index in [0.717, 1.165) is 22.7 Å². The number of hydrogen-bond donors (Lipinski definition) is 2. The van der Waals surface area contributed by atoms with Crippen molar-refractivity contribution in [3.05, 3.63) is 33.0 Å². The molecule has 0 bridgehead atoms. The van der Waals surface area contributed by atoms with Gasteiger partial charge in [-0.25, -0.2) is 9.78 Å². The Balaban J connectivity index is 1.94. The van der Waals surface area contributed by atoms with Crippen LogP contribution in [0.25, 0.3) is 0 Å². The fraction of sp³-hybridized carbons (Fsp3) is 0.385. The van der Waals surface area contributed by atoms with Gasteiger partial charge in [0.1, 0.15) is 16.4 Å². The molecular weight excluding hydrogens is 292 g/mol. The summed E-state index contributed by atoms with van der Waals surface area (Å²) in [4.78, 5) is 27.1. The number of aryl methyl sites for hydroxylation is 3. The Kier molecular flexibility index (Phi) is 4.37. The normalized spacial score (nSPS) is 10.6. The maximum atomic E-state index is 11.9. The van der Waals surface area contributed by atoms with Crippen molar-refractivity contribution < 1.29 is 14.7 Å².